The van der Waals surface area contributed by atoms with E-state index in [4.69, 9.17) is 4.74 Å². The van der Waals surface area contributed by atoms with Crippen molar-refractivity contribution in [1.82, 2.24) is 0 Å². The number of methoxy groups -OCH3 is 1. The predicted molar refractivity (Wildman–Crippen MR) is 95.5 cm³/mol. The molecule has 0 unspecified atom stereocenters. The molecule has 0 fully saturated rings. The Morgan fingerprint density at radius 1 is 1.00 bits per heavy atom. The van der Waals surface area contributed by atoms with Gasteiger partial charge in [0.15, 0.2) is 0 Å². The summed E-state index contributed by atoms with van der Waals surface area (Å²) < 4.78 is 5.09. The lowest BCUT2D eigenvalue weighted by molar-refractivity contribution is -0.115. The zero-order valence-electron chi connectivity index (χ0n) is 13.8. The summed E-state index contributed by atoms with van der Waals surface area (Å²) in [5.74, 6) is 0.749. The number of anilines is 3. The van der Waals surface area contributed by atoms with Gasteiger partial charge in [-0.15, -0.1) is 0 Å². The normalized spacial score (nSPS) is 10.0. The summed E-state index contributed by atoms with van der Waals surface area (Å²) in [6.07, 6.45) is 0.404. The molecule has 0 aliphatic rings. The van der Waals surface area contributed by atoms with Crippen molar-refractivity contribution in [3.8, 4) is 5.75 Å². The monoisotopic (exact) mass is 313 g/mol. The van der Waals surface area contributed by atoms with Crippen LogP contribution in [0.1, 0.15) is 6.42 Å². The lowest BCUT2D eigenvalue weighted by Gasteiger charge is -2.13. The van der Waals surface area contributed by atoms with Crippen molar-refractivity contribution in [3.63, 3.8) is 0 Å². The van der Waals surface area contributed by atoms with Crippen LogP contribution in [0, 0.1) is 0 Å². The third-order valence-electron chi connectivity index (χ3n) is 3.44. The van der Waals surface area contributed by atoms with Crippen molar-refractivity contribution < 1.29 is 9.53 Å². The fourth-order valence-electron chi connectivity index (χ4n) is 2.10. The SMILES string of the molecule is COc1ccc(NC(=O)CCNc2ccc(N(C)C)cc2)cc1. The summed E-state index contributed by atoms with van der Waals surface area (Å²) >= 11 is 0. The molecule has 0 saturated carbocycles. The van der Waals surface area contributed by atoms with Gasteiger partial charge in [0.05, 0.1) is 7.11 Å². The van der Waals surface area contributed by atoms with E-state index < -0.39 is 0 Å². The second-order valence-corrected chi connectivity index (χ2v) is 5.39. The van der Waals surface area contributed by atoms with Crippen LogP contribution in [-0.4, -0.2) is 33.7 Å². The van der Waals surface area contributed by atoms with Crippen LogP contribution in [0.2, 0.25) is 0 Å². The van der Waals surface area contributed by atoms with Crippen LogP contribution in [-0.2, 0) is 4.79 Å². The minimum Gasteiger partial charge on any atom is -0.497 e. The van der Waals surface area contributed by atoms with Crippen LogP contribution >= 0.6 is 0 Å². The molecule has 0 aliphatic carbocycles. The van der Waals surface area contributed by atoms with Crippen LogP contribution in [0.5, 0.6) is 5.75 Å². The predicted octanol–water partition coefficient (Wildman–Crippen LogP) is 3.20. The van der Waals surface area contributed by atoms with E-state index in [2.05, 4.69) is 10.6 Å². The van der Waals surface area contributed by atoms with Gasteiger partial charge in [-0.1, -0.05) is 0 Å². The van der Waals surface area contributed by atoms with Crippen molar-refractivity contribution >= 4 is 23.0 Å². The van der Waals surface area contributed by atoms with Gasteiger partial charge in [0.1, 0.15) is 5.75 Å². The van der Waals surface area contributed by atoms with E-state index in [1.807, 2.05) is 67.5 Å². The van der Waals surface area contributed by atoms with E-state index in [1.54, 1.807) is 7.11 Å². The summed E-state index contributed by atoms with van der Waals surface area (Å²) in [7, 11) is 5.63. The van der Waals surface area contributed by atoms with E-state index in [-0.39, 0.29) is 5.91 Å². The summed E-state index contributed by atoms with van der Waals surface area (Å²) in [5.41, 5.74) is 2.92. The van der Waals surface area contributed by atoms with E-state index in [0.29, 0.717) is 13.0 Å². The summed E-state index contributed by atoms with van der Waals surface area (Å²) in [6.45, 7) is 0.587. The summed E-state index contributed by atoms with van der Waals surface area (Å²) in [6, 6.07) is 15.4. The first-order valence-electron chi connectivity index (χ1n) is 7.53. The van der Waals surface area contributed by atoms with Gasteiger partial charge in [0, 0.05) is 44.1 Å². The number of carbonyl (C=O) groups is 1. The lowest BCUT2D eigenvalue weighted by Crippen LogP contribution is -2.16. The number of amides is 1. The standard InChI is InChI=1S/C18H23N3O2/c1-21(2)16-8-4-14(5-9-16)19-13-12-18(22)20-15-6-10-17(23-3)11-7-15/h4-11,19H,12-13H2,1-3H3,(H,20,22). The van der Waals surface area contributed by atoms with Crippen molar-refractivity contribution in [3.05, 3.63) is 48.5 Å². The maximum Gasteiger partial charge on any atom is 0.226 e. The van der Waals surface area contributed by atoms with Gasteiger partial charge in [-0.25, -0.2) is 0 Å². The van der Waals surface area contributed by atoms with Gasteiger partial charge in [-0.05, 0) is 48.5 Å². The Kier molecular flexibility index (Phi) is 5.86. The second kappa shape index (κ2) is 8.08. The van der Waals surface area contributed by atoms with Gasteiger partial charge in [0.25, 0.3) is 0 Å². The highest BCUT2D eigenvalue weighted by Gasteiger charge is 2.03. The maximum atomic E-state index is 11.9. The van der Waals surface area contributed by atoms with E-state index in [9.17, 15) is 4.79 Å². The molecule has 2 rings (SSSR count). The minimum atomic E-state index is -0.0208. The topological polar surface area (TPSA) is 53.6 Å². The maximum absolute atomic E-state index is 11.9. The van der Waals surface area contributed by atoms with Gasteiger partial charge in [0.2, 0.25) is 5.91 Å². The third kappa shape index (κ3) is 5.21. The molecule has 0 saturated heterocycles. The second-order valence-electron chi connectivity index (χ2n) is 5.39. The molecule has 122 valence electrons. The zero-order chi connectivity index (χ0) is 16.7. The number of hydrogen-bond acceptors (Lipinski definition) is 4. The van der Waals surface area contributed by atoms with Crippen LogP contribution in [0.3, 0.4) is 0 Å². The molecule has 2 aromatic carbocycles. The van der Waals surface area contributed by atoms with Gasteiger partial charge >= 0.3 is 0 Å². The van der Waals surface area contributed by atoms with Crippen LogP contribution in [0.25, 0.3) is 0 Å². The van der Waals surface area contributed by atoms with Crippen molar-refractivity contribution in [2.45, 2.75) is 6.42 Å². The number of nitrogens with zero attached hydrogens (tertiary/aromatic N) is 1. The highest BCUT2D eigenvalue weighted by molar-refractivity contribution is 5.91. The smallest absolute Gasteiger partial charge is 0.226 e. The van der Waals surface area contributed by atoms with E-state index in [1.165, 1.54) is 0 Å². The Morgan fingerprint density at radius 2 is 1.61 bits per heavy atom. The Morgan fingerprint density at radius 3 is 2.17 bits per heavy atom. The minimum absolute atomic E-state index is 0.0208. The molecule has 23 heavy (non-hydrogen) atoms. The molecular formula is C18H23N3O2. The van der Waals surface area contributed by atoms with Crippen LogP contribution in [0.15, 0.2) is 48.5 Å². The Labute approximate surface area is 137 Å². The summed E-state index contributed by atoms with van der Waals surface area (Å²) in [5, 5.41) is 6.11. The Bertz CT molecular complexity index is 622. The molecule has 2 N–H and O–H groups in total. The molecular weight excluding hydrogens is 290 g/mol. The highest BCUT2D eigenvalue weighted by Crippen LogP contribution is 2.16. The number of carbonyl (C=O) groups excluding carboxylic acids is 1. The number of ether oxygens (including phenoxy) is 1. The van der Waals surface area contributed by atoms with Gasteiger partial charge < -0.3 is 20.3 Å². The quantitative estimate of drug-likeness (QED) is 0.824. The first-order valence-corrected chi connectivity index (χ1v) is 7.53. The third-order valence-corrected chi connectivity index (χ3v) is 3.44. The highest BCUT2D eigenvalue weighted by atomic mass is 16.5. The molecule has 2 aromatic rings. The van der Waals surface area contributed by atoms with Crippen molar-refractivity contribution in [1.29, 1.82) is 0 Å². The number of benzene rings is 2. The molecule has 0 bridgehead atoms. The first kappa shape index (κ1) is 16.7. The molecule has 0 atom stereocenters. The van der Waals surface area contributed by atoms with Gasteiger partial charge in [-0.3, -0.25) is 4.79 Å². The van der Waals surface area contributed by atoms with Gasteiger partial charge in [-0.2, -0.15) is 0 Å². The lowest BCUT2D eigenvalue weighted by atomic mass is 10.2. The molecule has 5 nitrogen and oxygen atoms in total. The average Bonchev–Trinajstić information content (AvgIpc) is 2.56. The molecule has 0 aliphatic heterocycles. The number of rotatable bonds is 7. The van der Waals surface area contributed by atoms with Crippen LogP contribution < -0.4 is 20.3 Å². The van der Waals surface area contributed by atoms with Crippen LogP contribution in [0.4, 0.5) is 17.1 Å². The summed E-state index contributed by atoms with van der Waals surface area (Å²) in [4.78, 5) is 14.0. The zero-order valence-corrected chi connectivity index (χ0v) is 13.8. The van der Waals surface area contributed by atoms with E-state index in [0.717, 1.165) is 22.8 Å². The molecule has 0 radical (unpaired) electrons. The number of nitrogens with one attached hydrogen (secondary N) is 2. The van der Waals surface area contributed by atoms with Crippen molar-refractivity contribution in [2.24, 2.45) is 0 Å². The molecule has 0 aromatic heterocycles. The largest absolute Gasteiger partial charge is 0.497 e. The first-order chi connectivity index (χ1) is 11.1. The number of hydrogen-bond donors (Lipinski definition) is 2. The molecule has 0 heterocycles. The fraction of sp³-hybridized carbons (Fsp3) is 0.278. The Balaban J connectivity index is 1.75. The molecule has 5 heteroatoms. The average molecular weight is 313 g/mol. The molecule has 1 amide bonds. The molecule has 0 spiro atoms. The van der Waals surface area contributed by atoms with Crippen molar-refractivity contribution in [2.75, 3.05) is 43.3 Å². The fourth-order valence-corrected chi connectivity index (χ4v) is 2.10. The van der Waals surface area contributed by atoms with E-state index >= 15 is 0 Å². The Hall–Kier alpha value is -2.69.